The van der Waals surface area contributed by atoms with Crippen molar-refractivity contribution in [1.29, 1.82) is 0 Å². The minimum atomic E-state index is 0.228. The smallest absolute Gasteiger partial charge is 0.178 e. The molecular weight excluding hydrogens is 330 g/mol. The monoisotopic (exact) mass is 351 g/mol. The van der Waals surface area contributed by atoms with Crippen LogP contribution in [0.5, 0.6) is 11.5 Å². The average Bonchev–Trinajstić information content (AvgIpc) is 3.18. The number of hydrogen-bond acceptors (Lipinski definition) is 5. The van der Waals surface area contributed by atoms with Gasteiger partial charge in [0.1, 0.15) is 36.0 Å². The third-order valence-corrected chi connectivity index (χ3v) is 4.68. The maximum Gasteiger partial charge on any atom is 0.178 e. The van der Waals surface area contributed by atoms with E-state index in [1.165, 1.54) is 0 Å². The van der Waals surface area contributed by atoms with E-state index in [4.69, 9.17) is 14.5 Å². The van der Waals surface area contributed by atoms with Crippen LogP contribution in [0.4, 0.5) is 0 Å². The number of hydrogen-bond donors (Lipinski definition) is 0. The highest BCUT2D eigenvalue weighted by atomic mass is 16.5. The van der Waals surface area contributed by atoms with Crippen molar-refractivity contribution in [3.05, 3.63) is 30.7 Å². The molecule has 2 aliphatic rings. The summed E-state index contributed by atoms with van der Waals surface area (Å²) in [6, 6.07) is 6.25. The van der Waals surface area contributed by atoms with E-state index in [0.717, 1.165) is 53.8 Å². The van der Waals surface area contributed by atoms with Crippen molar-refractivity contribution in [1.82, 2.24) is 24.3 Å². The van der Waals surface area contributed by atoms with E-state index < -0.39 is 0 Å². The molecule has 2 aromatic heterocycles. The molecule has 0 spiro atoms. The van der Waals surface area contributed by atoms with E-state index in [9.17, 15) is 0 Å². The van der Waals surface area contributed by atoms with Gasteiger partial charge in [-0.3, -0.25) is 0 Å². The van der Waals surface area contributed by atoms with E-state index in [-0.39, 0.29) is 6.04 Å². The molecule has 5 rings (SSSR count). The summed E-state index contributed by atoms with van der Waals surface area (Å²) in [5.41, 5.74) is 1.81. The molecule has 26 heavy (non-hydrogen) atoms. The molecular formula is C19H21N5O2. The van der Waals surface area contributed by atoms with E-state index in [0.29, 0.717) is 12.7 Å². The first-order chi connectivity index (χ1) is 12.7. The number of fused-ring (bicyclic) bond motifs is 3. The summed E-state index contributed by atoms with van der Waals surface area (Å²) in [5, 5.41) is 4.32. The van der Waals surface area contributed by atoms with Gasteiger partial charge in [-0.05, 0) is 38.8 Å². The van der Waals surface area contributed by atoms with Crippen molar-refractivity contribution >= 4 is 0 Å². The molecule has 3 heterocycles. The lowest BCUT2D eigenvalue weighted by molar-refractivity contribution is 0.290. The summed E-state index contributed by atoms with van der Waals surface area (Å²) in [5.74, 6) is 3.37. The molecule has 0 unspecified atom stereocenters. The van der Waals surface area contributed by atoms with Crippen LogP contribution >= 0.6 is 0 Å². The lowest BCUT2D eigenvalue weighted by atomic mass is 10.2. The van der Waals surface area contributed by atoms with Gasteiger partial charge in [0.15, 0.2) is 5.82 Å². The number of nitrogens with zero attached hydrogens (tertiary/aromatic N) is 5. The van der Waals surface area contributed by atoms with Crippen LogP contribution < -0.4 is 9.47 Å². The molecule has 1 saturated carbocycles. The predicted octanol–water partition coefficient (Wildman–Crippen LogP) is 3.32. The van der Waals surface area contributed by atoms with Crippen molar-refractivity contribution in [3.8, 4) is 34.4 Å². The Labute approximate surface area is 151 Å². The molecule has 1 aliphatic carbocycles. The zero-order valence-corrected chi connectivity index (χ0v) is 14.9. The van der Waals surface area contributed by atoms with Gasteiger partial charge in [0.2, 0.25) is 0 Å². The zero-order valence-electron chi connectivity index (χ0n) is 14.9. The fourth-order valence-corrected chi connectivity index (χ4v) is 3.23. The molecule has 0 bridgehead atoms. The Morgan fingerprint density at radius 2 is 2.12 bits per heavy atom. The van der Waals surface area contributed by atoms with Crippen molar-refractivity contribution < 1.29 is 9.47 Å². The van der Waals surface area contributed by atoms with Crippen molar-refractivity contribution in [3.63, 3.8) is 0 Å². The quantitative estimate of drug-likeness (QED) is 0.721. The predicted molar refractivity (Wildman–Crippen MR) is 96.2 cm³/mol. The molecule has 7 nitrogen and oxygen atoms in total. The van der Waals surface area contributed by atoms with Crippen LogP contribution in [0.25, 0.3) is 22.9 Å². The first-order valence-electron chi connectivity index (χ1n) is 9.10. The second-order valence-corrected chi connectivity index (χ2v) is 7.09. The van der Waals surface area contributed by atoms with Gasteiger partial charge in [0.25, 0.3) is 0 Å². The fourth-order valence-electron chi connectivity index (χ4n) is 3.23. The SMILES string of the molecule is CC(C)n1ncnc1-c1cn2c(n1)-c1ccc(OC3CC3)cc1OCC2. The third-order valence-electron chi connectivity index (χ3n) is 4.68. The van der Waals surface area contributed by atoms with Crippen LogP contribution in [-0.2, 0) is 6.54 Å². The van der Waals surface area contributed by atoms with Gasteiger partial charge >= 0.3 is 0 Å². The number of benzene rings is 1. The van der Waals surface area contributed by atoms with Gasteiger partial charge in [-0.25, -0.2) is 14.6 Å². The molecule has 0 atom stereocenters. The molecule has 0 saturated heterocycles. The Balaban J connectivity index is 1.56. The second-order valence-electron chi connectivity index (χ2n) is 7.09. The fraction of sp³-hybridized carbons (Fsp3) is 0.421. The van der Waals surface area contributed by atoms with Crippen molar-refractivity contribution in [2.75, 3.05) is 6.61 Å². The summed E-state index contributed by atoms with van der Waals surface area (Å²) >= 11 is 0. The molecule has 134 valence electrons. The molecule has 0 amide bonds. The van der Waals surface area contributed by atoms with Gasteiger partial charge in [-0.15, -0.1) is 0 Å². The maximum atomic E-state index is 5.95. The topological polar surface area (TPSA) is 67.0 Å². The molecule has 0 radical (unpaired) electrons. The average molecular weight is 351 g/mol. The minimum Gasteiger partial charge on any atom is -0.491 e. The normalized spacial score (nSPS) is 16.0. The van der Waals surface area contributed by atoms with Crippen molar-refractivity contribution in [2.45, 2.75) is 45.4 Å². The Morgan fingerprint density at radius 3 is 2.92 bits per heavy atom. The molecule has 0 N–H and O–H groups in total. The summed E-state index contributed by atoms with van der Waals surface area (Å²) < 4.78 is 15.9. The van der Waals surface area contributed by atoms with E-state index >= 15 is 0 Å². The molecule has 1 aromatic carbocycles. The molecule has 3 aromatic rings. The lowest BCUT2D eigenvalue weighted by Gasteiger charge is -2.10. The Hall–Kier alpha value is -2.83. The summed E-state index contributed by atoms with van der Waals surface area (Å²) in [7, 11) is 0. The number of imidazole rings is 1. The standard InChI is InChI=1S/C19H21N5O2/c1-12(2)24-19(20-11-21-24)16-10-23-7-8-25-17-9-14(26-13-3-4-13)5-6-15(17)18(23)22-16/h5-6,9-13H,3-4,7-8H2,1-2H3. The van der Waals surface area contributed by atoms with E-state index in [1.54, 1.807) is 6.33 Å². The van der Waals surface area contributed by atoms with Gasteiger partial charge < -0.3 is 14.0 Å². The maximum absolute atomic E-state index is 5.95. The van der Waals surface area contributed by atoms with Crippen LogP contribution in [0.15, 0.2) is 30.7 Å². The number of aromatic nitrogens is 5. The number of rotatable bonds is 4. The van der Waals surface area contributed by atoms with Crippen LogP contribution in [0.1, 0.15) is 32.7 Å². The van der Waals surface area contributed by atoms with Crippen LogP contribution in [0, 0.1) is 0 Å². The van der Waals surface area contributed by atoms with Crippen LogP contribution in [-0.4, -0.2) is 37.0 Å². The third kappa shape index (κ3) is 2.64. The van der Waals surface area contributed by atoms with Gasteiger partial charge in [-0.1, -0.05) is 0 Å². The van der Waals surface area contributed by atoms with Gasteiger partial charge in [-0.2, -0.15) is 5.10 Å². The Morgan fingerprint density at radius 1 is 1.23 bits per heavy atom. The van der Waals surface area contributed by atoms with Crippen LogP contribution in [0.3, 0.4) is 0 Å². The van der Waals surface area contributed by atoms with Crippen molar-refractivity contribution in [2.24, 2.45) is 0 Å². The highest BCUT2D eigenvalue weighted by Gasteiger charge is 2.25. The molecule has 7 heteroatoms. The zero-order chi connectivity index (χ0) is 17.7. The molecule has 1 fully saturated rings. The minimum absolute atomic E-state index is 0.228. The molecule has 1 aliphatic heterocycles. The second kappa shape index (κ2) is 5.86. The lowest BCUT2D eigenvalue weighted by Crippen LogP contribution is -2.06. The summed E-state index contributed by atoms with van der Waals surface area (Å²) in [6.45, 7) is 5.51. The van der Waals surface area contributed by atoms with Gasteiger partial charge in [0.05, 0.1) is 18.2 Å². The number of ether oxygens (including phenoxy) is 2. The van der Waals surface area contributed by atoms with Gasteiger partial charge in [0, 0.05) is 18.3 Å². The Kier molecular flexibility index (Phi) is 3.48. The Bertz CT molecular complexity index is 955. The summed E-state index contributed by atoms with van der Waals surface area (Å²) in [4.78, 5) is 9.27. The highest BCUT2D eigenvalue weighted by Crippen LogP contribution is 2.37. The van der Waals surface area contributed by atoms with E-state index in [2.05, 4.69) is 28.5 Å². The highest BCUT2D eigenvalue weighted by molar-refractivity contribution is 5.69. The summed E-state index contributed by atoms with van der Waals surface area (Å²) in [6.07, 6.45) is 6.27. The first-order valence-corrected chi connectivity index (χ1v) is 9.10. The largest absolute Gasteiger partial charge is 0.491 e. The van der Waals surface area contributed by atoms with E-state index in [1.807, 2.05) is 29.1 Å². The first kappa shape index (κ1) is 15.4. The van der Waals surface area contributed by atoms with Crippen LogP contribution in [0.2, 0.25) is 0 Å².